The summed E-state index contributed by atoms with van der Waals surface area (Å²) in [5.74, 6) is 3.40. The number of hydrogen-bond acceptors (Lipinski definition) is 4. The predicted octanol–water partition coefficient (Wildman–Crippen LogP) is 2.36. The molecule has 0 amide bonds. The number of nitrogens with zero attached hydrogens (tertiary/aromatic N) is 2. The van der Waals surface area contributed by atoms with Crippen LogP contribution < -0.4 is 20.1 Å². The highest BCUT2D eigenvalue weighted by atomic mass is 16.5. The van der Waals surface area contributed by atoms with E-state index in [2.05, 4.69) is 27.4 Å². The summed E-state index contributed by atoms with van der Waals surface area (Å²) in [6.45, 7) is 8.23. The molecule has 2 rings (SSSR count). The van der Waals surface area contributed by atoms with Gasteiger partial charge in [-0.2, -0.15) is 0 Å². The molecule has 1 aromatic carbocycles. The van der Waals surface area contributed by atoms with Gasteiger partial charge >= 0.3 is 0 Å². The largest absolute Gasteiger partial charge is 0.497 e. The number of ether oxygens (including phenoxy) is 2. The van der Waals surface area contributed by atoms with E-state index in [9.17, 15) is 0 Å². The van der Waals surface area contributed by atoms with Crippen LogP contribution in [0.4, 0.5) is 0 Å². The van der Waals surface area contributed by atoms with Crippen molar-refractivity contribution in [3.8, 4) is 11.5 Å². The number of aliphatic imine (C=N–C) groups is 1. The molecule has 1 heterocycles. The summed E-state index contributed by atoms with van der Waals surface area (Å²) in [7, 11) is 3.46. The zero-order chi connectivity index (χ0) is 18.6. The van der Waals surface area contributed by atoms with E-state index in [1.54, 1.807) is 14.2 Å². The molecule has 0 aromatic heterocycles. The van der Waals surface area contributed by atoms with Gasteiger partial charge < -0.3 is 25.0 Å². The highest BCUT2D eigenvalue weighted by molar-refractivity contribution is 5.79. The molecule has 6 nitrogen and oxygen atoms in total. The Morgan fingerprint density at radius 3 is 2.42 bits per heavy atom. The van der Waals surface area contributed by atoms with E-state index in [1.165, 1.54) is 25.9 Å². The Morgan fingerprint density at radius 1 is 1.12 bits per heavy atom. The predicted molar refractivity (Wildman–Crippen MR) is 107 cm³/mol. The molecule has 0 bridgehead atoms. The summed E-state index contributed by atoms with van der Waals surface area (Å²) in [6.07, 6.45) is 3.81. The third-order valence-corrected chi connectivity index (χ3v) is 4.77. The first-order chi connectivity index (χ1) is 12.7. The van der Waals surface area contributed by atoms with Crippen LogP contribution in [0, 0.1) is 5.92 Å². The lowest BCUT2D eigenvalue weighted by Crippen LogP contribution is -2.41. The van der Waals surface area contributed by atoms with E-state index in [1.807, 2.05) is 24.3 Å². The van der Waals surface area contributed by atoms with E-state index in [-0.39, 0.29) is 0 Å². The smallest absolute Gasteiger partial charge is 0.191 e. The van der Waals surface area contributed by atoms with Crippen LogP contribution in [0.1, 0.15) is 26.2 Å². The van der Waals surface area contributed by atoms with Crippen molar-refractivity contribution in [2.24, 2.45) is 10.9 Å². The number of rotatable bonds is 9. The second-order valence-corrected chi connectivity index (χ2v) is 6.83. The van der Waals surface area contributed by atoms with Crippen LogP contribution in [0.15, 0.2) is 29.3 Å². The molecule has 0 radical (unpaired) electrons. The number of benzene rings is 1. The molecule has 26 heavy (non-hydrogen) atoms. The summed E-state index contributed by atoms with van der Waals surface area (Å²) < 4.78 is 10.8. The maximum absolute atomic E-state index is 5.71. The second kappa shape index (κ2) is 11.6. The minimum atomic E-state index is 0.582. The van der Waals surface area contributed by atoms with E-state index >= 15 is 0 Å². The molecule has 0 aliphatic carbocycles. The standard InChI is InChI=1S/C20H34N4O2/c1-17-9-14-24(15-10-17)13-4-11-22-20(21-2)23-12-16-26-19-7-5-18(25-3)6-8-19/h5-8,17H,4,9-16H2,1-3H3,(H2,21,22,23). The maximum atomic E-state index is 5.71. The van der Waals surface area contributed by atoms with Gasteiger partial charge in [-0.1, -0.05) is 6.92 Å². The Kier molecular flexibility index (Phi) is 9.10. The number of piperidine rings is 1. The van der Waals surface area contributed by atoms with Gasteiger partial charge in [0.25, 0.3) is 0 Å². The van der Waals surface area contributed by atoms with Crippen molar-refractivity contribution >= 4 is 5.96 Å². The second-order valence-electron chi connectivity index (χ2n) is 6.83. The number of methoxy groups -OCH3 is 1. The van der Waals surface area contributed by atoms with Gasteiger partial charge in [0, 0.05) is 13.6 Å². The molecule has 0 saturated carbocycles. The summed E-state index contributed by atoms with van der Waals surface area (Å²) in [5, 5.41) is 6.65. The Labute approximate surface area is 158 Å². The van der Waals surface area contributed by atoms with Gasteiger partial charge in [0.15, 0.2) is 5.96 Å². The third-order valence-electron chi connectivity index (χ3n) is 4.77. The van der Waals surface area contributed by atoms with Gasteiger partial charge in [0.2, 0.25) is 0 Å². The topological polar surface area (TPSA) is 58.1 Å². The first-order valence-electron chi connectivity index (χ1n) is 9.65. The van der Waals surface area contributed by atoms with Crippen LogP contribution in [0.25, 0.3) is 0 Å². The lowest BCUT2D eigenvalue weighted by Gasteiger charge is -2.30. The molecule has 1 aliphatic rings. The van der Waals surface area contributed by atoms with Gasteiger partial charge in [-0.3, -0.25) is 4.99 Å². The Morgan fingerprint density at radius 2 is 1.77 bits per heavy atom. The van der Waals surface area contributed by atoms with Crippen molar-refractivity contribution < 1.29 is 9.47 Å². The lowest BCUT2D eigenvalue weighted by molar-refractivity contribution is 0.191. The first kappa shape index (κ1) is 20.4. The van der Waals surface area contributed by atoms with Crippen molar-refractivity contribution in [1.82, 2.24) is 15.5 Å². The molecule has 1 fully saturated rings. The van der Waals surface area contributed by atoms with Gasteiger partial charge in [0.1, 0.15) is 18.1 Å². The minimum Gasteiger partial charge on any atom is -0.497 e. The molecular formula is C20H34N4O2. The minimum absolute atomic E-state index is 0.582. The van der Waals surface area contributed by atoms with Crippen LogP contribution in [0.3, 0.4) is 0 Å². The zero-order valence-electron chi connectivity index (χ0n) is 16.5. The van der Waals surface area contributed by atoms with Gasteiger partial charge in [-0.15, -0.1) is 0 Å². The Bertz CT molecular complexity index is 525. The van der Waals surface area contributed by atoms with E-state index in [0.717, 1.165) is 42.9 Å². The van der Waals surface area contributed by atoms with Crippen molar-refractivity contribution in [1.29, 1.82) is 0 Å². The Balaban J connectivity index is 1.53. The summed E-state index contributed by atoms with van der Waals surface area (Å²) in [4.78, 5) is 6.83. The molecule has 2 N–H and O–H groups in total. The number of likely N-dealkylation sites (tertiary alicyclic amines) is 1. The van der Waals surface area contributed by atoms with Crippen LogP contribution in [-0.2, 0) is 0 Å². The number of hydrogen-bond donors (Lipinski definition) is 2. The fourth-order valence-electron chi connectivity index (χ4n) is 3.03. The normalized spacial score (nSPS) is 16.3. The average Bonchev–Trinajstić information content (AvgIpc) is 2.68. The van der Waals surface area contributed by atoms with Gasteiger partial charge in [-0.25, -0.2) is 0 Å². The van der Waals surface area contributed by atoms with Gasteiger partial charge in [0.05, 0.1) is 13.7 Å². The van der Waals surface area contributed by atoms with E-state index < -0.39 is 0 Å². The van der Waals surface area contributed by atoms with Crippen LogP contribution in [-0.4, -0.2) is 64.3 Å². The third kappa shape index (κ3) is 7.52. The number of nitrogens with one attached hydrogen (secondary N) is 2. The lowest BCUT2D eigenvalue weighted by atomic mass is 9.99. The SMILES string of the molecule is CN=C(NCCCN1CCC(C)CC1)NCCOc1ccc(OC)cc1. The van der Waals surface area contributed by atoms with Crippen LogP contribution in [0.5, 0.6) is 11.5 Å². The van der Waals surface area contributed by atoms with E-state index in [4.69, 9.17) is 9.47 Å². The molecule has 0 spiro atoms. The van der Waals surface area contributed by atoms with Crippen LogP contribution in [0.2, 0.25) is 0 Å². The quantitative estimate of drug-likeness (QED) is 0.401. The van der Waals surface area contributed by atoms with Crippen molar-refractivity contribution in [3.05, 3.63) is 24.3 Å². The first-order valence-corrected chi connectivity index (χ1v) is 9.65. The fraction of sp³-hybridized carbons (Fsp3) is 0.650. The molecule has 1 aliphatic heterocycles. The fourth-order valence-corrected chi connectivity index (χ4v) is 3.03. The highest BCUT2D eigenvalue weighted by Crippen LogP contribution is 2.17. The maximum Gasteiger partial charge on any atom is 0.191 e. The highest BCUT2D eigenvalue weighted by Gasteiger charge is 2.14. The number of guanidine groups is 1. The summed E-state index contributed by atoms with van der Waals surface area (Å²) in [6, 6.07) is 7.61. The van der Waals surface area contributed by atoms with Crippen molar-refractivity contribution in [2.45, 2.75) is 26.2 Å². The monoisotopic (exact) mass is 362 g/mol. The Hall–Kier alpha value is -1.95. The van der Waals surface area contributed by atoms with E-state index in [0.29, 0.717) is 13.2 Å². The van der Waals surface area contributed by atoms with Gasteiger partial charge in [-0.05, 0) is 69.1 Å². The molecule has 1 aromatic rings. The summed E-state index contributed by atoms with van der Waals surface area (Å²) in [5.41, 5.74) is 0. The molecule has 0 unspecified atom stereocenters. The zero-order valence-corrected chi connectivity index (χ0v) is 16.5. The molecule has 146 valence electrons. The average molecular weight is 363 g/mol. The molecular weight excluding hydrogens is 328 g/mol. The van der Waals surface area contributed by atoms with Crippen molar-refractivity contribution in [3.63, 3.8) is 0 Å². The molecule has 1 saturated heterocycles. The van der Waals surface area contributed by atoms with Crippen molar-refractivity contribution in [2.75, 3.05) is 53.5 Å². The molecule has 6 heteroatoms. The summed E-state index contributed by atoms with van der Waals surface area (Å²) >= 11 is 0. The molecule has 0 atom stereocenters. The van der Waals surface area contributed by atoms with Crippen LogP contribution >= 0.6 is 0 Å².